The molecule has 4 aromatic rings. The number of anilines is 1. The number of rotatable bonds is 4. The van der Waals surface area contributed by atoms with E-state index in [2.05, 4.69) is 15.3 Å². The van der Waals surface area contributed by atoms with E-state index in [4.69, 9.17) is 0 Å². The van der Waals surface area contributed by atoms with Crippen LogP contribution in [0.15, 0.2) is 59.6 Å². The fraction of sp³-hybridized carbons (Fsp3) is 0.0556. The molecule has 0 saturated carbocycles. The summed E-state index contributed by atoms with van der Waals surface area (Å²) in [4.78, 5) is 21.3. The van der Waals surface area contributed by atoms with Gasteiger partial charge < -0.3 is 9.88 Å². The zero-order valence-electron chi connectivity index (χ0n) is 13.3. The van der Waals surface area contributed by atoms with Crippen LogP contribution in [0.2, 0.25) is 0 Å². The number of aryl methyl sites for hydroxylation is 1. The van der Waals surface area contributed by atoms with Crippen molar-refractivity contribution in [2.45, 2.75) is 6.92 Å². The van der Waals surface area contributed by atoms with Gasteiger partial charge in [0.1, 0.15) is 5.69 Å². The Kier molecular flexibility index (Phi) is 4.17. The molecule has 0 saturated heterocycles. The highest BCUT2D eigenvalue weighted by atomic mass is 32.1. The second-order valence-corrected chi connectivity index (χ2v) is 7.29. The molecule has 3 heterocycles. The number of nitrogens with zero attached hydrogens (tertiary/aromatic N) is 3. The summed E-state index contributed by atoms with van der Waals surface area (Å²) in [5, 5.41) is 8.47. The third kappa shape index (κ3) is 3.38. The van der Waals surface area contributed by atoms with Crippen LogP contribution in [0.5, 0.6) is 0 Å². The van der Waals surface area contributed by atoms with Gasteiger partial charge in [0.2, 0.25) is 0 Å². The second kappa shape index (κ2) is 6.62. The maximum atomic E-state index is 12.5. The summed E-state index contributed by atoms with van der Waals surface area (Å²) in [5.74, 6) is -0.221. The highest BCUT2D eigenvalue weighted by molar-refractivity contribution is 7.12. The molecule has 1 amide bonds. The predicted octanol–water partition coefficient (Wildman–Crippen LogP) is 4.62. The predicted molar refractivity (Wildman–Crippen MR) is 102 cm³/mol. The number of carbonyl (C=O) groups excluding carboxylic acids is 1. The third-order valence-corrected chi connectivity index (χ3v) is 5.21. The summed E-state index contributed by atoms with van der Waals surface area (Å²) in [5.41, 5.74) is 3.03. The standard InChI is InChI=1S/C18H14N4OS2/c1-12-19-15(10-24-12)13-5-4-6-14(9-13)20-17(23)16-11-25-18(21-16)22-7-2-3-8-22/h2-11H,1H3,(H,20,23). The normalized spacial score (nSPS) is 10.8. The molecule has 0 aliphatic rings. The molecule has 0 radical (unpaired) electrons. The van der Waals surface area contributed by atoms with E-state index in [9.17, 15) is 4.79 Å². The number of aromatic nitrogens is 3. The van der Waals surface area contributed by atoms with E-state index in [0.29, 0.717) is 5.69 Å². The highest BCUT2D eigenvalue weighted by Crippen LogP contribution is 2.24. The molecule has 1 aromatic carbocycles. The van der Waals surface area contributed by atoms with E-state index in [-0.39, 0.29) is 5.91 Å². The SMILES string of the molecule is Cc1nc(-c2cccc(NC(=O)c3csc(-n4cccc4)n3)c2)cs1. The maximum absolute atomic E-state index is 12.5. The molecule has 25 heavy (non-hydrogen) atoms. The van der Waals surface area contributed by atoms with Crippen molar-refractivity contribution in [3.63, 3.8) is 0 Å². The molecule has 124 valence electrons. The van der Waals surface area contributed by atoms with Gasteiger partial charge in [-0.25, -0.2) is 9.97 Å². The molecule has 7 heteroatoms. The van der Waals surface area contributed by atoms with Crippen LogP contribution in [-0.2, 0) is 0 Å². The number of hydrogen-bond acceptors (Lipinski definition) is 5. The molecule has 0 aliphatic carbocycles. The first kappa shape index (κ1) is 15.7. The Balaban J connectivity index is 1.53. The van der Waals surface area contributed by atoms with Crippen LogP contribution >= 0.6 is 22.7 Å². The zero-order chi connectivity index (χ0) is 17.2. The topological polar surface area (TPSA) is 59.8 Å². The second-order valence-electron chi connectivity index (χ2n) is 5.39. The largest absolute Gasteiger partial charge is 0.321 e. The Morgan fingerprint density at radius 1 is 1.08 bits per heavy atom. The van der Waals surface area contributed by atoms with Crippen LogP contribution < -0.4 is 5.32 Å². The summed E-state index contributed by atoms with van der Waals surface area (Å²) in [6.45, 7) is 1.98. The lowest BCUT2D eigenvalue weighted by atomic mass is 10.1. The highest BCUT2D eigenvalue weighted by Gasteiger charge is 2.12. The van der Waals surface area contributed by atoms with Crippen molar-refractivity contribution in [3.8, 4) is 16.4 Å². The molecule has 0 unspecified atom stereocenters. The number of amides is 1. The Labute approximate surface area is 152 Å². The number of carbonyl (C=O) groups is 1. The van der Waals surface area contributed by atoms with Crippen molar-refractivity contribution in [2.24, 2.45) is 0 Å². The van der Waals surface area contributed by atoms with Gasteiger partial charge in [-0.3, -0.25) is 4.79 Å². The minimum Gasteiger partial charge on any atom is -0.321 e. The van der Waals surface area contributed by atoms with Gasteiger partial charge in [-0.15, -0.1) is 22.7 Å². The van der Waals surface area contributed by atoms with Gasteiger partial charge in [-0.05, 0) is 31.2 Å². The number of hydrogen-bond donors (Lipinski definition) is 1. The van der Waals surface area contributed by atoms with Crippen LogP contribution in [0, 0.1) is 6.92 Å². The van der Waals surface area contributed by atoms with Gasteiger partial charge in [0, 0.05) is 34.4 Å². The van der Waals surface area contributed by atoms with Gasteiger partial charge in [0.25, 0.3) is 5.91 Å². The van der Waals surface area contributed by atoms with E-state index in [1.54, 1.807) is 16.7 Å². The number of benzene rings is 1. The summed E-state index contributed by atoms with van der Waals surface area (Å²) in [7, 11) is 0. The van der Waals surface area contributed by atoms with Gasteiger partial charge in [0.05, 0.1) is 10.7 Å². The molecule has 0 atom stereocenters. The van der Waals surface area contributed by atoms with Crippen molar-refractivity contribution in [1.29, 1.82) is 0 Å². The van der Waals surface area contributed by atoms with Crippen LogP contribution in [0.3, 0.4) is 0 Å². The average molecular weight is 366 g/mol. The van der Waals surface area contributed by atoms with Crippen molar-refractivity contribution < 1.29 is 4.79 Å². The van der Waals surface area contributed by atoms with Crippen molar-refractivity contribution in [3.05, 3.63) is 70.3 Å². The van der Waals surface area contributed by atoms with Gasteiger partial charge >= 0.3 is 0 Å². The first-order valence-electron chi connectivity index (χ1n) is 7.62. The third-order valence-electron chi connectivity index (χ3n) is 3.59. The molecular weight excluding hydrogens is 352 g/mol. The summed E-state index contributed by atoms with van der Waals surface area (Å²) in [6.07, 6.45) is 3.81. The average Bonchev–Trinajstić information content (AvgIpc) is 3.36. The Bertz CT molecular complexity index is 1020. The summed E-state index contributed by atoms with van der Waals surface area (Å²) >= 11 is 3.04. The van der Waals surface area contributed by atoms with E-state index in [1.807, 2.05) is 65.7 Å². The molecule has 4 rings (SSSR count). The Hall–Kier alpha value is -2.77. The summed E-state index contributed by atoms with van der Waals surface area (Å²) in [6, 6.07) is 11.5. The van der Waals surface area contributed by atoms with Gasteiger partial charge in [0.15, 0.2) is 5.13 Å². The van der Waals surface area contributed by atoms with Crippen LogP contribution in [0.4, 0.5) is 5.69 Å². The lowest BCUT2D eigenvalue weighted by Gasteiger charge is -2.05. The van der Waals surface area contributed by atoms with Crippen molar-refractivity contribution >= 4 is 34.3 Å². The minimum atomic E-state index is -0.221. The Morgan fingerprint density at radius 2 is 1.92 bits per heavy atom. The first-order valence-corrected chi connectivity index (χ1v) is 9.38. The fourth-order valence-electron chi connectivity index (χ4n) is 2.40. The van der Waals surface area contributed by atoms with Crippen molar-refractivity contribution in [1.82, 2.24) is 14.5 Å². The molecule has 1 N–H and O–H groups in total. The molecule has 0 spiro atoms. The van der Waals surface area contributed by atoms with Crippen LogP contribution in [0.25, 0.3) is 16.4 Å². The zero-order valence-corrected chi connectivity index (χ0v) is 15.0. The lowest BCUT2D eigenvalue weighted by molar-refractivity contribution is 0.102. The molecule has 0 bridgehead atoms. The monoisotopic (exact) mass is 366 g/mol. The van der Waals surface area contributed by atoms with Gasteiger partial charge in [-0.2, -0.15) is 0 Å². The number of nitrogens with one attached hydrogen (secondary N) is 1. The first-order chi connectivity index (χ1) is 12.2. The summed E-state index contributed by atoms with van der Waals surface area (Å²) < 4.78 is 1.88. The molecule has 5 nitrogen and oxygen atoms in total. The van der Waals surface area contributed by atoms with E-state index in [0.717, 1.165) is 27.1 Å². The van der Waals surface area contributed by atoms with Crippen LogP contribution in [-0.4, -0.2) is 20.4 Å². The molecule has 0 aliphatic heterocycles. The fourth-order valence-corrected chi connectivity index (χ4v) is 3.79. The molecule has 0 fully saturated rings. The lowest BCUT2D eigenvalue weighted by Crippen LogP contribution is -2.12. The van der Waals surface area contributed by atoms with E-state index >= 15 is 0 Å². The van der Waals surface area contributed by atoms with Crippen LogP contribution in [0.1, 0.15) is 15.5 Å². The Morgan fingerprint density at radius 3 is 2.68 bits per heavy atom. The van der Waals surface area contributed by atoms with E-state index in [1.165, 1.54) is 11.3 Å². The smallest absolute Gasteiger partial charge is 0.275 e. The molecular formula is C18H14N4OS2. The number of thiazole rings is 2. The minimum absolute atomic E-state index is 0.221. The molecule has 3 aromatic heterocycles. The van der Waals surface area contributed by atoms with Gasteiger partial charge in [-0.1, -0.05) is 12.1 Å². The van der Waals surface area contributed by atoms with Crippen molar-refractivity contribution in [2.75, 3.05) is 5.32 Å². The van der Waals surface area contributed by atoms with E-state index < -0.39 is 0 Å². The quantitative estimate of drug-likeness (QED) is 0.573. The maximum Gasteiger partial charge on any atom is 0.275 e.